The second kappa shape index (κ2) is 10.3. The maximum atomic E-state index is 14.6. The summed E-state index contributed by atoms with van der Waals surface area (Å²) in [5.41, 5.74) is 1.41. The molecule has 1 saturated heterocycles. The quantitative estimate of drug-likeness (QED) is 0.534. The molecule has 3 aromatic rings. The number of hydrogen-bond acceptors (Lipinski definition) is 4. The first kappa shape index (κ1) is 25.1. The summed E-state index contributed by atoms with van der Waals surface area (Å²) in [5, 5.41) is 2.96. The molecule has 35 heavy (non-hydrogen) atoms. The van der Waals surface area contributed by atoms with Gasteiger partial charge in [0.05, 0.1) is 4.90 Å². The number of sulfonamides is 1. The van der Waals surface area contributed by atoms with Gasteiger partial charge in [0.2, 0.25) is 15.9 Å². The van der Waals surface area contributed by atoms with Gasteiger partial charge in [-0.15, -0.1) is 0 Å². The lowest BCUT2D eigenvalue weighted by molar-refractivity contribution is -0.126. The Kier molecular flexibility index (Phi) is 7.37. The number of halogens is 1. The molecule has 7 nitrogen and oxygen atoms in total. The smallest absolute Gasteiger partial charge is 0.243 e. The molecule has 1 atom stereocenters. The second-order valence-corrected chi connectivity index (χ2v) is 11.2. The van der Waals surface area contributed by atoms with Gasteiger partial charge in [0, 0.05) is 44.0 Å². The molecule has 0 bridgehead atoms. The van der Waals surface area contributed by atoms with Crippen molar-refractivity contribution in [2.75, 3.05) is 13.1 Å². The first-order chi connectivity index (χ1) is 16.7. The number of aryl methyl sites for hydroxylation is 1. The molecular formula is C26H31FN4O3S. The molecular weight excluding hydrogens is 467 g/mol. The first-order valence-corrected chi connectivity index (χ1v) is 13.2. The fraction of sp³-hybridized carbons (Fsp3) is 0.385. The number of imidazole rings is 1. The molecule has 0 radical (unpaired) electrons. The first-order valence-electron chi connectivity index (χ1n) is 11.8. The van der Waals surface area contributed by atoms with Crippen molar-refractivity contribution in [2.45, 2.75) is 43.5 Å². The van der Waals surface area contributed by atoms with Crippen molar-refractivity contribution in [1.29, 1.82) is 0 Å². The Balaban J connectivity index is 1.45. The predicted octanol–water partition coefficient (Wildman–Crippen LogP) is 3.99. The van der Waals surface area contributed by atoms with Crippen LogP contribution in [0.5, 0.6) is 0 Å². The van der Waals surface area contributed by atoms with Gasteiger partial charge in [0.1, 0.15) is 17.7 Å². The van der Waals surface area contributed by atoms with E-state index in [1.54, 1.807) is 54.3 Å². The van der Waals surface area contributed by atoms with E-state index in [-0.39, 0.29) is 29.8 Å². The Labute approximate surface area is 206 Å². The number of nitrogens with zero attached hydrogens (tertiary/aromatic N) is 3. The monoisotopic (exact) mass is 498 g/mol. The summed E-state index contributed by atoms with van der Waals surface area (Å²) >= 11 is 0. The number of carbonyl (C=O) groups is 1. The average Bonchev–Trinajstić information content (AvgIpc) is 3.28. The van der Waals surface area contributed by atoms with Crippen LogP contribution >= 0.6 is 0 Å². The van der Waals surface area contributed by atoms with E-state index < -0.39 is 21.9 Å². The molecule has 1 unspecified atom stereocenters. The fourth-order valence-corrected chi connectivity index (χ4v) is 5.91. The van der Waals surface area contributed by atoms with Gasteiger partial charge < -0.3 is 9.88 Å². The minimum Gasteiger partial charge on any atom is -0.342 e. The Morgan fingerprint density at radius 3 is 2.31 bits per heavy atom. The van der Waals surface area contributed by atoms with Crippen LogP contribution in [0.3, 0.4) is 0 Å². The zero-order valence-corrected chi connectivity index (χ0v) is 21.0. The van der Waals surface area contributed by atoms with Crippen LogP contribution in [0.1, 0.15) is 55.6 Å². The van der Waals surface area contributed by atoms with Crippen molar-refractivity contribution >= 4 is 15.9 Å². The summed E-state index contributed by atoms with van der Waals surface area (Å²) < 4.78 is 44.0. The zero-order chi connectivity index (χ0) is 25.2. The number of benzene rings is 2. The number of piperidine rings is 1. The summed E-state index contributed by atoms with van der Waals surface area (Å²) in [6.07, 6.45) is 4.12. The Bertz CT molecular complexity index is 1280. The van der Waals surface area contributed by atoms with Crippen LogP contribution in [0.4, 0.5) is 4.39 Å². The summed E-state index contributed by atoms with van der Waals surface area (Å²) in [6.45, 7) is 4.62. The van der Waals surface area contributed by atoms with Gasteiger partial charge in [-0.2, -0.15) is 4.31 Å². The van der Waals surface area contributed by atoms with E-state index in [0.29, 0.717) is 30.1 Å². The van der Waals surface area contributed by atoms with E-state index in [0.717, 1.165) is 5.56 Å². The van der Waals surface area contributed by atoms with Gasteiger partial charge in [0.15, 0.2) is 0 Å². The van der Waals surface area contributed by atoms with Gasteiger partial charge in [0.25, 0.3) is 0 Å². The third-order valence-corrected chi connectivity index (χ3v) is 8.54. The van der Waals surface area contributed by atoms with Gasteiger partial charge in [-0.25, -0.2) is 17.8 Å². The van der Waals surface area contributed by atoms with Gasteiger partial charge in [-0.3, -0.25) is 4.79 Å². The Hall–Kier alpha value is -3.04. The minimum atomic E-state index is -3.63. The summed E-state index contributed by atoms with van der Waals surface area (Å²) in [7, 11) is -1.84. The van der Waals surface area contributed by atoms with Crippen LogP contribution in [-0.4, -0.2) is 41.3 Å². The number of rotatable bonds is 7. The highest BCUT2D eigenvalue weighted by Crippen LogP contribution is 2.28. The van der Waals surface area contributed by atoms with Gasteiger partial charge in [-0.05, 0) is 42.5 Å². The van der Waals surface area contributed by atoms with E-state index in [9.17, 15) is 17.6 Å². The number of nitrogens with one attached hydrogen (secondary N) is 1. The number of carbonyl (C=O) groups excluding carboxylic acids is 1. The van der Waals surface area contributed by atoms with E-state index in [1.165, 1.54) is 10.4 Å². The SMILES string of the molecule is CC(C)c1ccc(S(=O)(=O)N2CCC(C(=O)NC(c3ccccc3F)c3nccn3C)CC2)cc1. The molecule has 1 amide bonds. The van der Waals surface area contributed by atoms with Crippen molar-refractivity contribution < 1.29 is 17.6 Å². The van der Waals surface area contributed by atoms with Crippen LogP contribution in [0.15, 0.2) is 65.8 Å². The third kappa shape index (κ3) is 5.31. The van der Waals surface area contributed by atoms with Crippen LogP contribution in [-0.2, 0) is 21.9 Å². The lowest BCUT2D eigenvalue weighted by Gasteiger charge is -2.31. The molecule has 4 rings (SSSR count). The molecule has 1 aliphatic heterocycles. The molecule has 9 heteroatoms. The molecule has 0 aliphatic carbocycles. The molecule has 0 saturated carbocycles. The minimum absolute atomic E-state index is 0.236. The van der Waals surface area contributed by atoms with Crippen molar-refractivity contribution in [2.24, 2.45) is 13.0 Å². The lowest BCUT2D eigenvalue weighted by atomic mass is 9.96. The molecule has 2 heterocycles. The van der Waals surface area contributed by atoms with E-state index in [2.05, 4.69) is 24.1 Å². The highest BCUT2D eigenvalue weighted by molar-refractivity contribution is 7.89. The number of hydrogen-bond donors (Lipinski definition) is 1. The van der Waals surface area contributed by atoms with Crippen LogP contribution in [0, 0.1) is 11.7 Å². The molecule has 186 valence electrons. The molecule has 2 aromatic carbocycles. The summed E-state index contributed by atoms with van der Waals surface area (Å²) in [5.74, 6) is -0.197. The Morgan fingerprint density at radius 1 is 1.09 bits per heavy atom. The average molecular weight is 499 g/mol. The highest BCUT2D eigenvalue weighted by atomic mass is 32.2. The van der Waals surface area contributed by atoms with E-state index in [1.807, 2.05) is 12.1 Å². The van der Waals surface area contributed by atoms with Gasteiger partial charge >= 0.3 is 0 Å². The van der Waals surface area contributed by atoms with Crippen molar-refractivity contribution in [1.82, 2.24) is 19.2 Å². The maximum absolute atomic E-state index is 14.6. The molecule has 0 spiro atoms. The van der Waals surface area contributed by atoms with Crippen molar-refractivity contribution in [3.8, 4) is 0 Å². The second-order valence-electron chi connectivity index (χ2n) is 9.26. The van der Waals surface area contributed by atoms with Crippen molar-refractivity contribution in [3.63, 3.8) is 0 Å². The Morgan fingerprint density at radius 2 is 1.74 bits per heavy atom. The molecule has 1 aliphatic rings. The molecule has 1 fully saturated rings. The highest BCUT2D eigenvalue weighted by Gasteiger charge is 2.34. The zero-order valence-electron chi connectivity index (χ0n) is 20.2. The maximum Gasteiger partial charge on any atom is 0.243 e. The standard InChI is InChI=1S/C26H31FN4O3S/c1-18(2)19-8-10-21(11-9-19)35(33,34)31-15-12-20(13-16-31)26(32)29-24(25-28-14-17-30(25)3)22-6-4-5-7-23(22)27/h4-11,14,17-18,20,24H,12-13,15-16H2,1-3H3,(H,29,32). The lowest BCUT2D eigenvalue weighted by Crippen LogP contribution is -2.44. The normalized spacial score (nSPS) is 16.4. The predicted molar refractivity (Wildman–Crippen MR) is 132 cm³/mol. The third-order valence-electron chi connectivity index (χ3n) is 6.63. The summed E-state index contributed by atoms with van der Waals surface area (Å²) in [6, 6.07) is 12.6. The van der Waals surface area contributed by atoms with E-state index >= 15 is 0 Å². The van der Waals surface area contributed by atoms with Crippen LogP contribution in [0.2, 0.25) is 0 Å². The van der Waals surface area contributed by atoms with Gasteiger partial charge in [-0.1, -0.05) is 44.2 Å². The largest absolute Gasteiger partial charge is 0.342 e. The van der Waals surface area contributed by atoms with Crippen LogP contribution < -0.4 is 5.32 Å². The van der Waals surface area contributed by atoms with Crippen molar-refractivity contribution in [3.05, 3.63) is 83.7 Å². The topological polar surface area (TPSA) is 84.3 Å². The van der Waals surface area contributed by atoms with Crippen LogP contribution in [0.25, 0.3) is 0 Å². The fourth-order valence-electron chi connectivity index (χ4n) is 4.44. The van der Waals surface area contributed by atoms with E-state index in [4.69, 9.17) is 0 Å². The number of amides is 1. The molecule has 1 N–H and O–H groups in total. The number of aromatic nitrogens is 2. The molecule has 1 aromatic heterocycles. The summed E-state index contributed by atoms with van der Waals surface area (Å²) in [4.78, 5) is 17.8.